The first-order valence-corrected chi connectivity index (χ1v) is 8.87. The Kier molecular flexibility index (Phi) is 4.31. The first kappa shape index (κ1) is 16.6. The maximum Gasteiger partial charge on any atom is 0.256 e. The van der Waals surface area contributed by atoms with Crippen molar-refractivity contribution in [2.45, 2.75) is 25.5 Å². The summed E-state index contributed by atoms with van der Waals surface area (Å²) in [5.74, 6) is -0.231. The van der Waals surface area contributed by atoms with Crippen LogP contribution in [0.2, 0.25) is 0 Å². The van der Waals surface area contributed by atoms with Gasteiger partial charge in [0.2, 0.25) is 0 Å². The van der Waals surface area contributed by atoms with E-state index in [1.165, 1.54) is 0 Å². The minimum atomic E-state index is -0.949. The highest BCUT2D eigenvalue weighted by Crippen LogP contribution is 2.37. The van der Waals surface area contributed by atoms with Crippen molar-refractivity contribution in [2.75, 3.05) is 4.90 Å². The minimum absolute atomic E-state index is 0.148. The van der Waals surface area contributed by atoms with E-state index in [1.807, 2.05) is 49.4 Å². The molecule has 0 aliphatic carbocycles. The van der Waals surface area contributed by atoms with Crippen LogP contribution in [0.25, 0.3) is 11.1 Å². The molecule has 1 fully saturated rings. The molecule has 0 radical (unpaired) electrons. The number of nitrogens with zero attached hydrogens (tertiary/aromatic N) is 1. The van der Waals surface area contributed by atoms with Crippen molar-refractivity contribution in [3.05, 3.63) is 90.0 Å². The topological polar surface area (TPSA) is 40.5 Å². The van der Waals surface area contributed by atoms with Crippen LogP contribution in [0.3, 0.4) is 0 Å². The summed E-state index contributed by atoms with van der Waals surface area (Å²) in [5, 5.41) is 10.2. The van der Waals surface area contributed by atoms with Crippen LogP contribution in [0, 0.1) is 6.92 Å². The summed E-state index contributed by atoms with van der Waals surface area (Å²) in [7, 11) is 0. The average molecular weight is 343 g/mol. The van der Waals surface area contributed by atoms with E-state index in [4.69, 9.17) is 0 Å². The number of aliphatic hydroxyl groups is 1. The number of carbonyl (C=O) groups excluding carboxylic acids is 1. The van der Waals surface area contributed by atoms with Crippen molar-refractivity contribution in [1.29, 1.82) is 0 Å². The smallest absolute Gasteiger partial charge is 0.256 e. The summed E-state index contributed by atoms with van der Waals surface area (Å²) in [6.45, 7) is 2.02. The summed E-state index contributed by atoms with van der Waals surface area (Å²) in [6.07, 6.45) is -0.535. The highest BCUT2D eigenvalue weighted by Gasteiger charge is 2.40. The van der Waals surface area contributed by atoms with Gasteiger partial charge in [-0.05, 0) is 35.7 Å². The normalized spacial score (nSPS) is 19.8. The Labute approximate surface area is 153 Å². The molecule has 0 saturated carbocycles. The van der Waals surface area contributed by atoms with Crippen LogP contribution < -0.4 is 4.90 Å². The lowest BCUT2D eigenvalue weighted by atomic mass is 9.99. The molecule has 3 aromatic rings. The molecule has 26 heavy (non-hydrogen) atoms. The fourth-order valence-corrected chi connectivity index (χ4v) is 3.56. The van der Waals surface area contributed by atoms with E-state index in [-0.39, 0.29) is 11.9 Å². The molecular formula is C23H21NO2. The number of aryl methyl sites for hydroxylation is 1. The molecule has 1 aliphatic heterocycles. The molecule has 1 amide bonds. The summed E-state index contributed by atoms with van der Waals surface area (Å²) in [5.41, 5.74) is 5.31. The van der Waals surface area contributed by atoms with Gasteiger partial charge in [0.05, 0.1) is 6.04 Å². The molecule has 3 heteroatoms. The van der Waals surface area contributed by atoms with Crippen molar-refractivity contribution in [2.24, 2.45) is 0 Å². The Morgan fingerprint density at radius 2 is 1.46 bits per heavy atom. The van der Waals surface area contributed by atoms with Crippen molar-refractivity contribution in [1.82, 2.24) is 0 Å². The first-order chi connectivity index (χ1) is 12.6. The van der Waals surface area contributed by atoms with Gasteiger partial charge in [-0.2, -0.15) is 0 Å². The Morgan fingerprint density at radius 3 is 2.12 bits per heavy atom. The Hall–Kier alpha value is -2.91. The van der Waals surface area contributed by atoms with Gasteiger partial charge < -0.3 is 10.0 Å². The van der Waals surface area contributed by atoms with Crippen LogP contribution in [0.4, 0.5) is 5.69 Å². The number of hydrogen-bond donors (Lipinski definition) is 1. The minimum Gasteiger partial charge on any atom is -0.383 e. The van der Waals surface area contributed by atoms with Crippen LogP contribution in [-0.2, 0) is 4.79 Å². The number of carbonyl (C=O) groups is 1. The fraction of sp³-hybridized carbons (Fsp3) is 0.174. The molecule has 1 saturated heterocycles. The fourth-order valence-electron chi connectivity index (χ4n) is 3.56. The van der Waals surface area contributed by atoms with Crippen molar-refractivity contribution in [3.8, 4) is 11.1 Å². The molecule has 0 aromatic heterocycles. The van der Waals surface area contributed by atoms with Gasteiger partial charge in [-0.3, -0.25) is 4.79 Å². The second kappa shape index (κ2) is 6.77. The van der Waals surface area contributed by atoms with Gasteiger partial charge in [-0.1, -0.05) is 72.3 Å². The number of benzene rings is 3. The van der Waals surface area contributed by atoms with Gasteiger partial charge in [-0.25, -0.2) is 0 Å². The SMILES string of the molecule is Cc1ccc(N2C(=O)C(O)CC2c2ccc(-c3ccccc3)cc2)cc1. The highest BCUT2D eigenvalue weighted by atomic mass is 16.3. The van der Waals surface area contributed by atoms with Crippen LogP contribution in [0.5, 0.6) is 0 Å². The third kappa shape index (κ3) is 3.02. The van der Waals surface area contributed by atoms with E-state index in [9.17, 15) is 9.90 Å². The lowest BCUT2D eigenvalue weighted by Gasteiger charge is -2.25. The number of rotatable bonds is 3. The third-order valence-corrected chi connectivity index (χ3v) is 5.00. The number of amides is 1. The predicted molar refractivity (Wildman–Crippen MR) is 104 cm³/mol. The number of hydrogen-bond acceptors (Lipinski definition) is 2. The van der Waals surface area contributed by atoms with Gasteiger partial charge in [-0.15, -0.1) is 0 Å². The van der Waals surface area contributed by atoms with Gasteiger partial charge in [0, 0.05) is 12.1 Å². The molecule has 1 N–H and O–H groups in total. The van der Waals surface area contributed by atoms with Gasteiger partial charge in [0.1, 0.15) is 6.10 Å². The monoisotopic (exact) mass is 343 g/mol. The van der Waals surface area contributed by atoms with Gasteiger partial charge in [0.15, 0.2) is 0 Å². The molecule has 3 aromatic carbocycles. The standard InChI is InChI=1S/C23H21NO2/c1-16-7-13-20(14-8-16)24-21(15-22(25)23(24)26)19-11-9-18(10-12-19)17-5-3-2-4-6-17/h2-14,21-22,25H,15H2,1H3. The molecule has 0 spiro atoms. The zero-order valence-corrected chi connectivity index (χ0v) is 14.7. The van der Waals surface area contributed by atoms with Crippen molar-refractivity contribution < 1.29 is 9.90 Å². The quantitative estimate of drug-likeness (QED) is 0.760. The van der Waals surface area contributed by atoms with E-state index in [0.717, 1.165) is 27.9 Å². The molecule has 2 atom stereocenters. The zero-order chi connectivity index (χ0) is 18.1. The van der Waals surface area contributed by atoms with Crippen LogP contribution in [0.15, 0.2) is 78.9 Å². The zero-order valence-electron chi connectivity index (χ0n) is 14.7. The number of anilines is 1. The molecule has 0 bridgehead atoms. The molecule has 3 nitrogen and oxygen atoms in total. The summed E-state index contributed by atoms with van der Waals surface area (Å²) >= 11 is 0. The van der Waals surface area contributed by atoms with Crippen molar-refractivity contribution >= 4 is 11.6 Å². The van der Waals surface area contributed by atoms with Crippen LogP contribution >= 0.6 is 0 Å². The lowest BCUT2D eigenvalue weighted by Crippen LogP contribution is -2.30. The summed E-state index contributed by atoms with van der Waals surface area (Å²) in [6, 6.07) is 26.2. The maximum atomic E-state index is 12.5. The molecule has 1 heterocycles. The van der Waals surface area contributed by atoms with E-state index >= 15 is 0 Å². The summed E-state index contributed by atoms with van der Waals surface area (Å²) < 4.78 is 0. The Bertz CT molecular complexity index is 901. The maximum absolute atomic E-state index is 12.5. The highest BCUT2D eigenvalue weighted by molar-refractivity contribution is 5.99. The van der Waals surface area contributed by atoms with Crippen molar-refractivity contribution in [3.63, 3.8) is 0 Å². The second-order valence-electron chi connectivity index (χ2n) is 6.80. The third-order valence-electron chi connectivity index (χ3n) is 5.00. The number of aliphatic hydroxyl groups excluding tert-OH is 1. The summed E-state index contributed by atoms with van der Waals surface area (Å²) in [4.78, 5) is 14.3. The van der Waals surface area contributed by atoms with Gasteiger partial charge in [0.25, 0.3) is 5.91 Å². The predicted octanol–water partition coefficient (Wildman–Crippen LogP) is 4.50. The van der Waals surface area contributed by atoms with E-state index < -0.39 is 6.10 Å². The molecule has 4 rings (SSSR count). The average Bonchev–Trinajstić information content (AvgIpc) is 2.98. The lowest BCUT2D eigenvalue weighted by molar-refractivity contribution is -0.124. The van der Waals surface area contributed by atoms with E-state index in [0.29, 0.717) is 6.42 Å². The first-order valence-electron chi connectivity index (χ1n) is 8.87. The van der Waals surface area contributed by atoms with Gasteiger partial charge >= 0.3 is 0 Å². The van der Waals surface area contributed by atoms with Crippen LogP contribution in [0.1, 0.15) is 23.6 Å². The molecular weight excluding hydrogens is 322 g/mol. The Morgan fingerprint density at radius 1 is 0.846 bits per heavy atom. The molecule has 2 unspecified atom stereocenters. The molecule has 1 aliphatic rings. The second-order valence-corrected chi connectivity index (χ2v) is 6.80. The Balaban J connectivity index is 1.66. The van der Waals surface area contributed by atoms with E-state index in [2.05, 4.69) is 36.4 Å². The van der Waals surface area contributed by atoms with E-state index in [1.54, 1.807) is 4.90 Å². The van der Waals surface area contributed by atoms with Crippen LogP contribution in [-0.4, -0.2) is 17.1 Å². The largest absolute Gasteiger partial charge is 0.383 e. The molecule has 130 valence electrons.